The second-order valence-corrected chi connectivity index (χ2v) is 7.08. The average molecular weight is 391 g/mol. The van der Waals surface area contributed by atoms with E-state index in [9.17, 15) is 9.59 Å². The number of esters is 1. The van der Waals surface area contributed by atoms with Crippen molar-refractivity contribution in [2.75, 3.05) is 11.9 Å². The Balaban J connectivity index is 1.92. The van der Waals surface area contributed by atoms with Crippen LogP contribution in [-0.2, 0) is 20.9 Å². The van der Waals surface area contributed by atoms with E-state index in [2.05, 4.69) is 4.98 Å². The molecule has 1 aromatic heterocycles. The van der Waals surface area contributed by atoms with Crippen molar-refractivity contribution < 1.29 is 14.3 Å². The van der Waals surface area contributed by atoms with Gasteiger partial charge in [-0.05, 0) is 25.5 Å². The summed E-state index contributed by atoms with van der Waals surface area (Å²) in [5, 5.41) is 0. The molecule has 0 unspecified atom stereocenters. The lowest BCUT2D eigenvalue weighted by molar-refractivity contribution is -0.155. The highest BCUT2D eigenvalue weighted by Crippen LogP contribution is 2.31. The Hall–Kier alpha value is -3.41. The van der Waals surface area contributed by atoms with Crippen molar-refractivity contribution in [1.29, 1.82) is 0 Å². The van der Waals surface area contributed by atoms with Crippen LogP contribution < -0.4 is 4.90 Å². The number of ether oxygens (including phenoxy) is 1. The van der Waals surface area contributed by atoms with Gasteiger partial charge in [-0.1, -0.05) is 48.5 Å². The number of para-hydroxylation sites is 1. The van der Waals surface area contributed by atoms with Crippen LogP contribution in [0.5, 0.6) is 0 Å². The maximum atomic E-state index is 13.4. The number of carbonyl (C=O) groups is 2. The molecular weight excluding hydrogens is 366 g/mol. The average Bonchev–Trinajstić information content (AvgIpc) is 3.24. The number of hydrogen-bond acceptors (Lipinski definition) is 4. The van der Waals surface area contributed by atoms with E-state index in [4.69, 9.17) is 4.74 Å². The molecule has 6 nitrogen and oxygen atoms in total. The van der Waals surface area contributed by atoms with Crippen molar-refractivity contribution in [2.45, 2.75) is 26.5 Å². The Morgan fingerprint density at radius 1 is 1.07 bits per heavy atom. The predicted octanol–water partition coefficient (Wildman–Crippen LogP) is 3.78. The van der Waals surface area contributed by atoms with Gasteiger partial charge in [0.25, 0.3) is 0 Å². The first-order valence-corrected chi connectivity index (χ1v) is 9.55. The molecule has 29 heavy (non-hydrogen) atoms. The number of benzene rings is 2. The maximum Gasteiger partial charge on any atom is 0.320 e. The Labute approximate surface area is 170 Å². The zero-order chi connectivity index (χ0) is 20.8. The van der Waals surface area contributed by atoms with Crippen molar-refractivity contribution in [3.63, 3.8) is 0 Å². The van der Waals surface area contributed by atoms with Gasteiger partial charge in [-0.15, -0.1) is 0 Å². The molecule has 0 N–H and O–H groups in total. The minimum atomic E-state index is -0.972. The quantitative estimate of drug-likeness (QED) is 0.454. The molecule has 0 saturated carbocycles. The van der Waals surface area contributed by atoms with Crippen LogP contribution in [0.25, 0.3) is 11.1 Å². The van der Waals surface area contributed by atoms with Gasteiger partial charge in [0, 0.05) is 31.5 Å². The van der Waals surface area contributed by atoms with Crippen LogP contribution in [0.1, 0.15) is 13.8 Å². The lowest BCUT2D eigenvalue weighted by Crippen LogP contribution is -2.41. The molecule has 1 amide bonds. The molecule has 0 aliphatic carbocycles. The third-order valence-corrected chi connectivity index (χ3v) is 4.57. The number of anilines is 1. The largest absolute Gasteiger partial charge is 0.462 e. The molecule has 3 rings (SSSR count). The molecule has 0 aliphatic rings. The van der Waals surface area contributed by atoms with Gasteiger partial charge in [0.1, 0.15) is 0 Å². The lowest BCUT2D eigenvalue weighted by atomic mass is 10.0. The number of hydrogen-bond donors (Lipinski definition) is 0. The van der Waals surface area contributed by atoms with E-state index in [0.717, 1.165) is 16.8 Å². The summed E-state index contributed by atoms with van der Waals surface area (Å²) in [4.78, 5) is 31.6. The fourth-order valence-corrected chi connectivity index (χ4v) is 3.15. The van der Waals surface area contributed by atoms with Crippen LogP contribution >= 0.6 is 0 Å². The summed E-state index contributed by atoms with van der Waals surface area (Å²) >= 11 is 0. The highest BCUT2D eigenvalue weighted by atomic mass is 16.5. The van der Waals surface area contributed by atoms with E-state index in [1.807, 2.05) is 54.6 Å². The van der Waals surface area contributed by atoms with E-state index in [-0.39, 0.29) is 18.6 Å². The van der Waals surface area contributed by atoms with Gasteiger partial charge < -0.3 is 14.2 Å². The number of amides is 1. The van der Waals surface area contributed by atoms with Crippen LogP contribution in [0.2, 0.25) is 0 Å². The fraction of sp³-hybridized carbons (Fsp3) is 0.261. The molecule has 1 atom stereocenters. The Bertz CT molecular complexity index is 953. The lowest BCUT2D eigenvalue weighted by Gasteiger charge is -2.25. The number of aromatic nitrogens is 2. The Morgan fingerprint density at radius 2 is 1.76 bits per heavy atom. The summed E-state index contributed by atoms with van der Waals surface area (Å²) in [5.41, 5.74) is 2.65. The van der Waals surface area contributed by atoms with E-state index in [1.54, 1.807) is 44.2 Å². The zero-order valence-corrected chi connectivity index (χ0v) is 16.9. The number of nitrogens with zero attached hydrogens (tertiary/aromatic N) is 3. The molecular formula is C23H25N3O3. The fourth-order valence-electron chi connectivity index (χ4n) is 3.15. The molecule has 1 heterocycles. The third kappa shape index (κ3) is 4.90. The highest BCUT2D eigenvalue weighted by Gasteiger charge is 2.33. The van der Waals surface area contributed by atoms with Gasteiger partial charge in [0.05, 0.1) is 18.1 Å². The van der Waals surface area contributed by atoms with Crippen LogP contribution in [0.3, 0.4) is 0 Å². The normalized spacial score (nSPS) is 11.9. The van der Waals surface area contributed by atoms with Gasteiger partial charge in [-0.2, -0.15) is 0 Å². The molecule has 6 heteroatoms. The summed E-state index contributed by atoms with van der Waals surface area (Å²) in [6.07, 6.45) is 4.62. The van der Waals surface area contributed by atoms with Gasteiger partial charge in [-0.3, -0.25) is 9.59 Å². The van der Waals surface area contributed by atoms with Gasteiger partial charge in [-0.25, -0.2) is 4.98 Å². The van der Waals surface area contributed by atoms with E-state index < -0.39 is 11.9 Å². The second-order valence-electron chi connectivity index (χ2n) is 7.08. The van der Waals surface area contributed by atoms with Crippen molar-refractivity contribution in [3.8, 4) is 11.1 Å². The van der Waals surface area contributed by atoms with Crippen molar-refractivity contribution >= 4 is 17.6 Å². The number of carbonyl (C=O) groups excluding carboxylic acids is 2. The summed E-state index contributed by atoms with van der Waals surface area (Å²) < 4.78 is 7.07. The minimum Gasteiger partial charge on any atom is -0.462 e. The van der Waals surface area contributed by atoms with Crippen LogP contribution in [0, 0.1) is 5.92 Å². The van der Waals surface area contributed by atoms with Crippen LogP contribution in [0.15, 0.2) is 73.3 Å². The first-order chi connectivity index (χ1) is 14.0. The molecule has 0 radical (unpaired) electrons. The molecule has 0 fully saturated rings. The summed E-state index contributed by atoms with van der Waals surface area (Å²) in [6.45, 7) is 3.71. The first-order valence-electron chi connectivity index (χ1n) is 9.55. The van der Waals surface area contributed by atoms with Crippen molar-refractivity contribution in [3.05, 3.63) is 73.3 Å². The smallest absolute Gasteiger partial charge is 0.320 e. The predicted molar refractivity (Wildman–Crippen MR) is 112 cm³/mol. The minimum absolute atomic E-state index is 0.169. The highest BCUT2D eigenvalue weighted by molar-refractivity contribution is 6.07. The first kappa shape index (κ1) is 20.3. The maximum absolute atomic E-state index is 13.4. The van der Waals surface area contributed by atoms with Gasteiger partial charge in [0.15, 0.2) is 5.92 Å². The van der Waals surface area contributed by atoms with Crippen LogP contribution in [0.4, 0.5) is 5.69 Å². The van der Waals surface area contributed by atoms with E-state index >= 15 is 0 Å². The van der Waals surface area contributed by atoms with Crippen molar-refractivity contribution in [1.82, 2.24) is 9.55 Å². The van der Waals surface area contributed by atoms with Gasteiger partial charge >= 0.3 is 5.97 Å². The Morgan fingerprint density at radius 3 is 2.41 bits per heavy atom. The molecule has 3 aromatic rings. The molecule has 2 aromatic carbocycles. The second kappa shape index (κ2) is 9.19. The monoisotopic (exact) mass is 391 g/mol. The molecule has 0 bridgehead atoms. The standard InChI is InChI=1S/C23H25N3O3/c1-17(2)29-23(28)20(15-26-14-13-24-16-26)22(27)25(3)21-12-8-7-11-19(21)18-9-5-4-6-10-18/h4-14,16-17,20H,15H2,1-3H3/t20-/m0/s1. The van der Waals surface area contributed by atoms with Crippen molar-refractivity contribution in [2.24, 2.45) is 5.92 Å². The topological polar surface area (TPSA) is 64.4 Å². The van der Waals surface area contributed by atoms with E-state index in [0.29, 0.717) is 0 Å². The molecule has 150 valence electrons. The zero-order valence-electron chi connectivity index (χ0n) is 16.9. The molecule has 0 aliphatic heterocycles. The summed E-state index contributed by atoms with van der Waals surface area (Å²) in [5.74, 6) is -1.84. The Kier molecular flexibility index (Phi) is 6.44. The van der Waals surface area contributed by atoms with Crippen LogP contribution in [-0.4, -0.2) is 34.6 Å². The third-order valence-electron chi connectivity index (χ3n) is 4.57. The molecule has 0 saturated heterocycles. The number of imidazole rings is 1. The SMILES string of the molecule is CC(C)OC(=O)[C@@H](Cn1ccnc1)C(=O)N(C)c1ccccc1-c1ccccc1. The number of rotatable bonds is 7. The van der Waals surface area contributed by atoms with E-state index in [1.165, 1.54) is 4.90 Å². The molecule has 0 spiro atoms. The van der Waals surface area contributed by atoms with Gasteiger partial charge in [0.2, 0.25) is 5.91 Å². The summed E-state index contributed by atoms with van der Waals surface area (Å²) in [6, 6.07) is 17.5. The summed E-state index contributed by atoms with van der Waals surface area (Å²) in [7, 11) is 1.69.